The van der Waals surface area contributed by atoms with Crippen LogP contribution in [0.4, 0.5) is 19.5 Å². The lowest BCUT2D eigenvalue weighted by molar-refractivity contribution is 0.153. The number of benzene rings is 1. The number of hydrogen-bond donors (Lipinski definition) is 2. The maximum atomic E-state index is 12.6. The number of hydrogen-bond acceptors (Lipinski definition) is 3. The second-order valence-corrected chi connectivity index (χ2v) is 4.06. The van der Waals surface area contributed by atoms with Crippen LogP contribution in [0, 0.1) is 0 Å². The SMILES string of the molecule is Nc1cc(C(F)F)c2sc(N)cc2c1. The summed E-state index contributed by atoms with van der Waals surface area (Å²) in [5, 5.41) is 1.20. The molecular formula is C9H8F2N2S. The molecule has 4 N–H and O–H groups in total. The van der Waals surface area contributed by atoms with Crippen molar-refractivity contribution in [3.05, 3.63) is 23.8 Å². The largest absolute Gasteiger partial charge is 0.399 e. The molecule has 2 aromatic rings. The van der Waals surface area contributed by atoms with Crippen molar-refractivity contribution < 1.29 is 8.78 Å². The van der Waals surface area contributed by atoms with E-state index in [1.807, 2.05) is 0 Å². The molecule has 0 atom stereocenters. The predicted octanol–water partition coefficient (Wildman–Crippen LogP) is 3.00. The maximum Gasteiger partial charge on any atom is 0.265 e. The van der Waals surface area contributed by atoms with Crippen molar-refractivity contribution in [2.75, 3.05) is 11.5 Å². The van der Waals surface area contributed by atoms with Gasteiger partial charge in [-0.2, -0.15) is 0 Å². The van der Waals surface area contributed by atoms with Gasteiger partial charge in [0.05, 0.1) is 5.00 Å². The Morgan fingerprint density at radius 3 is 2.50 bits per heavy atom. The molecule has 1 heterocycles. The first kappa shape index (κ1) is 9.21. The molecule has 5 heteroatoms. The number of thiophene rings is 1. The van der Waals surface area contributed by atoms with Gasteiger partial charge in [0.2, 0.25) is 0 Å². The van der Waals surface area contributed by atoms with E-state index in [1.165, 1.54) is 6.07 Å². The van der Waals surface area contributed by atoms with Crippen LogP contribution in [0.5, 0.6) is 0 Å². The van der Waals surface area contributed by atoms with Crippen LogP contribution in [0.1, 0.15) is 12.0 Å². The quantitative estimate of drug-likeness (QED) is 0.717. The van der Waals surface area contributed by atoms with Gasteiger partial charge < -0.3 is 11.5 Å². The smallest absolute Gasteiger partial charge is 0.265 e. The zero-order chi connectivity index (χ0) is 10.3. The highest BCUT2D eigenvalue weighted by atomic mass is 32.1. The van der Waals surface area contributed by atoms with Crippen LogP contribution in [0.3, 0.4) is 0 Å². The highest BCUT2D eigenvalue weighted by Crippen LogP contribution is 2.36. The van der Waals surface area contributed by atoms with E-state index in [1.54, 1.807) is 12.1 Å². The average Bonchev–Trinajstić information content (AvgIpc) is 2.42. The molecule has 0 bridgehead atoms. The molecule has 2 nitrogen and oxygen atoms in total. The Labute approximate surface area is 83.1 Å². The first-order chi connectivity index (χ1) is 6.58. The van der Waals surface area contributed by atoms with Crippen molar-refractivity contribution in [3.8, 4) is 0 Å². The van der Waals surface area contributed by atoms with Crippen molar-refractivity contribution >= 4 is 32.1 Å². The van der Waals surface area contributed by atoms with Crippen molar-refractivity contribution in [1.82, 2.24) is 0 Å². The molecular weight excluding hydrogens is 206 g/mol. The number of nitrogens with two attached hydrogens (primary N) is 2. The van der Waals surface area contributed by atoms with E-state index in [2.05, 4.69) is 0 Å². The summed E-state index contributed by atoms with van der Waals surface area (Å²) >= 11 is 1.16. The Morgan fingerprint density at radius 1 is 1.14 bits per heavy atom. The molecule has 1 aromatic carbocycles. The molecule has 0 saturated heterocycles. The molecule has 0 radical (unpaired) electrons. The van der Waals surface area contributed by atoms with E-state index < -0.39 is 6.43 Å². The number of fused-ring (bicyclic) bond motifs is 1. The van der Waals surface area contributed by atoms with E-state index in [0.717, 1.165) is 11.3 Å². The molecule has 0 spiro atoms. The highest BCUT2D eigenvalue weighted by Gasteiger charge is 2.14. The van der Waals surface area contributed by atoms with Crippen LogP contribution in [0.15, 0.2) is 18.2 Å². The monoisotopic (exact) mass is 214 g/mol. The molecule has 2 rings (SSSR count). The van der Waals surface area contributed by atoms with Crippen LogP contribution in [0.2, 0.25) is 0 Å². The lowest BCUT2D eigenvalue weighted by Gasteiger charge is -2.02. The predicted molar refractivity (Wildman–Crippen MR) is 55.6 cm³/mol. The van der Waals surface area contributed by atoms with E-state index in [4.69, 9.17) is 11.5 Å². The third kappa shape index (κ3) is 1.39. The average molecular weight is 214 g/mol. The molecule has 1 aromatic heterocycles. The molecule has 0 unspecified atom stereocenters. The Morgan fingerprint density at radius 2 is 1.86 bits per heavy atom. The van der Waals surface area contributed by atoms with Gasteiger partial charge in [0, 0.05) is 16.0 Å². The van der Waals surface area contributed by atoms with Crippen LogP contribution in [0.25, 0.3) is 10.1 Å². The summed E-state index contributed by atoms with van der Waals surface area (Å²) in [6.45, 7) is 0. The number of halogens is 2. The van der Waals surface area contributed by atoms with E-state index >= 15 is 0 Å². The summed E-state index contributed by atoms with van der Waals surface area (Å²) in [5.41, 5.74) is 11.3. The number of rotatable bonds is 1. The second-order valence-electron chi connectivity index (χ2n) is 2.98. The van der Waals surface area contributed by atoms with Gasteiger partial charge in [-0.15, -0.1) is 11.3 Å². The number of alkyl halides is 2. The molecule has 14 heavy (non-hydrogen) atoms. The fourth-order valence-electron chi connectivity index (χ4n) is 1.39. The topological polar surface area (TPSA) is 52.0 Å². The fraction of sp³-hybridized carbons (Fsp3) is 0.111. The van der Waals surface area contributed by atoms with Crippen molar-refractivity contribution in [2.45, 2.75) is 6.43 Å². The number of nitrogen functional groups attached to an aromatic ring is 2. The first-order valence-corrected chi connectivity index (χ1v) is 4.76. The fourth-order valence-corrected chi connectivity index (χ4v) is 2.31. The summed E-state index contributed by atoms with van der Waals surface area (Å²) < 4.78 is 25.7. The molecule has 0 aliphatic rings. The van der Waals surface area contributed by atoms with E-state index in [9.17, 15) is 8.78 Å². The zero-order valence-corrected chi connectivity index (χ0v) is 7.94. The minimum atomic E-state index is -2.51. The minimum absolute atomic E-state index is 0.0401. The minimum Gasteiger partial charge on any atom is -0.399 e. The van der Waals surface area contributed by atoms with Crippen molar-refractivity contribution in [1.29, 1.82) is 0 Å². The molecule has 0 saturated carbocycles. The lowest BCUT2D eigenvalue weighted by atomic mass is 10.1. The summed E-state index contributed by atoms with van der Waals surface area (Å²) in [7, 11) is 0. The van der Waals surface area contributed by atoms with Gasteiger partial charge in [-0.25, -0.2) is 8.78 Å². The molecule has 0 aliphatic heterocycles. The number of anilines is 2. The Hall–Kier alpha value is -1.36. The lowest BCUT2D eigenvalue weighted by Crippen LogP contribution is -1.89. The van der Waals surface area contributed by atoms with Gasteiger partial charge in [-0.3, -0.25) is 0 Å². The van der Waals surface area contributed by atoms with Gasteiger partial charge in [-0.05, 0) is 23.6 Å². The van der Waals surface area contributed by atoms with Crippen LogP contribution in [-0.4, -0.2) is 0 Å². The molecule has 0 amide bonds. The van der Waals surface area contributed by atoms with Gasteiger partial charge in [-0.1, -0.05) is 0 Å². The van der Waals surface area contributed by atoms with Crippen LogP contribution >= 0.6 is 11.3 Å². The Balaban J connectivity index is 2.79. The van der Waals surface area contributed by atoms with Crippen molar-refractivity contribution in [3.63, 3.8) is 0 Å². The van der Waals surface area contributed by atoms with E-state index in [-0.39, 0.29) is 5.56 Å². The molecule has 0 aliphatic carbocycles. The van der Waals surface area contributed by atoms with E-state index in [0.29, 0.717) is 20.8 Å². The highest BCUT2D eigenvalue weighted by molar-refractivity contribution is 7.22. The maximum absolute atomic E-state index is 12.6. The van der Waals surface area contributed by atoms with Gasteiger partial charge in [0.1, 0.15) is 0 Å². The normalized spacial score (nSPS) is 11.4. The van der Waals surface area contributed by atoms with Gasteiger partial charge in [0.15, 0.2) is 0 Å². The molecule has 74 valence electrons. The third-order valence-electron chi connectivity index (χ3n) is 1.92. The summed E-state index contributed by atoms with van der Waals surface area (Å²) in [6.07, 6.45) is -2.51. The summed E-state index contributed by atoms with van der Waals surface area (Å²) in [4.78, 5) is 0. The molecule has 0 fully saturated rings. The Bertz CT molecular complexity index is 479. The third-order valence-corrected chi connectivity index (χ3v) is 2.95. The first-order valence-electron chi connectivity index (χ1n) is 3.94. The Kier molecular flexibility index (Phi) is 2.03. The van der Waals surface area contributed by atoms with Gasteiger partial charge >= 0.3 is 0 Å². The summed E-state index contributed by atoms with van der Waals surface area (Å²) in [5.74, 6) is 0. The second kappa shape index (κ2) is 3.09. The van der Waals surface area contributed by atoms with Gasteiger partial charge in [0.25, 0.3) is 6.43 Å². The summed E-state index contributed by atoms with van der Waals surface area (Å²) in [6, 6.07) is 4.60. The van der Waals surface area contributed by atoms with Crippen molar-refractivity contribution in [2.24, 2.45) is 0 Å². The van der Waals surface area contributed by atoms with Crippen LogP contribution in [-0.2, 0) is 0 Å². The van der Waals surface area contributed by atoms with Crippen LogP contribution < -0.4 is 11.5 Å². The zero-order valence-electron chi connectivity index (χ0n) is 7.13. The standard InChI is InChI=1S/C9H8F2N2S/c10-9(11)6-3-5(12)1-4-2-7(13)14-8(4)6/h1-3,9H,12-13H2.